The Bertz CT molecular complexity index is 1320. The second-order valence-electron chi connectivity index (χ2n) is 9.26. The van der Waals surface area contributed by atoms with E-state index < -0.39 is 0 Å². The first-order valence-electron chi connectivity index (χ1n) is 12.1. The van der Waals surface area contributed by atoms with Gasteiger partial charge < -0.3 is 9.80 Å². The fourth-order valence-electron chi connectivity index (χ4n) is 4.87. The monoisotopic (exact) mass is 499 g/mol. The number of hydrogen-bond donors (Lipinski definition) is 0. The Hall–Kier alpha value is -3.78. The van der Waals surface area contributed by atoms with Gasteiger partial charge in [0.05, 0.1) is 23.7 Å². The molecule has 4 aromatic rings. The number of carbonyl (C=O) groups excluding carboxylic acids is 2. The molecule has 3 atom stereocenters. The molecule has 0 bridgehead atoms. The van der Waals surface area contributed by atoms with E-state index in [0.29, 0.717) is 12.8 Å². The summed E-state index contributed by atoms with van der Waals surface area (Å²) in [5.41, 5.74) is 3.91. The van der Waals surface area contributed by atoms with Crippen molar-refractivity contribution in [2.75, 3.05) is 11.9 Å². The predicted molar refractivity (Wildman–Crippen MR) is 141 cm³/mol. The number of amides is 2. The average Bonchev–Trinajstić information content (AvgIpc) is 3.63. The molecule has 184 valence electrons. The lowest BCUT2D eigenvalue weighted by Gasteiger charge is -2.42. The number of carbonyl (C=O) groups is 2. The number of hydrogen-bond acceptors (Lipinski definition) is 5. The van der Waals surface area contributed by atoms with Gasteiger partial charge in [-0.3, -0.25) is 9.59 Å². The average molecular weight is 500 g/mol. The SMILES string of the molecule is Cc1ccc(N2C(=O)CCC(C(=O)N(C)C(C)c3ccc(-n4cncn4)cc3)C2c2cccs2)cc1. The molecule has 1 fully saturated rings. The lowest BCUT2D eigenvalue weighted by molar-refractivity contribution is -0.139. The van der Waals surface area contributed by atoms with Crippen LogP contribution in [-0.4, -0.2) is 38.5 Å². The zero-order valence-electron chi connectivity index (χ0n) is 20.6. The van der Waals surface area contributed by atoms with Crippen molar-refractivity contribution in [2.24, 2.45) is 5.92 Å². The summed E-state index contributed by atoms with van der Waals surface area (Å²) in [6.45, 7) is 4.06. The topological polar surface area (TPSA) is 71.3 Å². The number of piperidine rings is 1. The number of rotatable bonds is 6. The molecule has 7 nitrogen and oxygen atoms in total. The highest BCUT2D eigenvalue weighted by Crippen LogP contribution is 2.43. The van der Waals surface area contributed by atoms with E-state index in [-0.39, 0.29) is 29.8 Å². The van der Waals surface area contributed by atoms with Crippen LogP contribution in [0.3, 0.4) is 0 Å². The number of benzene rings is 2. The molecule has 2 amide bonds. The second-order valence-corrected chi connectivity index (χ2v) is 10.2. The van der Waals surface area contributed by atoms with Gasteiger partial charge in [0.2, 0.25) is 11.8 Å². The van der Waals surface area contributed by atoms with E-state index in [9.17, 15) is 9.59 Å². The number of aryl methyl sites for hydroxylation is 1. The van der Waals surface area contributed by atoms with Crippen molar-refractivity contribution in [1.82, 2.24) is 19.7 Å². The highest BCUT2D eigenvalue weighted by atomic mass is 32.1. The van der Waals surface area contributed by atoms with Crippen LogP contribution in [0.4, 0.5) is 5.69 Å². The highest BCUT2D eigenvalue weighted by molar-refractivity contribution is 7.10. The van der Waals surface area contributed by atoms with Crippen LogP contribution < -0.4 is 4.90 Å². The number of anilines is 1. The summed E-state index contributed by atoms with van der Waals surface area (Å²) in [7, 11) is 1.86. The first-order valence-corrected chi connectivity index (χ1v) is 13.0. The van der Waals surface area contributed by atoms with Crippen molar-refractivity contribution >= 4 is 28.8 Å². The number of aromatic nitrogens is 3. The van der Waals surface area contributed by atoms with Crippen LogP contribution in [0.1, 0.15) is 47.9 Å². The molecule has 3 unspecified atom stereocenters. The molecule has 0 saturated carbocycles. The molecule has 0 radical (unpaired) electrons. The largest absolute Gasteiger partial charge is 0.339 e. The number of nitrogens with zero attached hydrogens (tertiary/aromatic N) is 5. The molecule has 1 saturated heterocycles. The summed E-state index contributed by atoms with van der Waals surface area (Å²) in [5.74, 6) is -0.226. The van der Waals surface area contributed by atoms with Gasteiger partial charge in [-0.25, -0.2) is 9.67 Å². The lowest BCUT2D eigenvalue weighted by Crippen LogP contribution is -2.48. The van der Waals surface area contributed by atoms with Crippen LogP contribution in [0.25, 0.3) is 5.69 Å². The Balaban J connectivity index is 1.42. The third kappa shape index (κ3) is 4.56. The first kappa shape index (κ1) is 23.9. The Morgan fingerprint density at radius 1 is 1.08 bits per heavy atom. The molecule has 0 aliphatic carbocycles. The van der Waals surface area contributed by atoms with Gasteiger partial charge in [-0.1, -0.05) is 35.9 Å². The molecule has 8 heteroatoms. The Kier molecular flexibility index (Phi) is 6.69. The summed E-state index contributed by atoms with van der Waals surface area (Å²) in [6.07, 6.45) is 4.04. The maximum atomic E-state index is 14.0. The van der Waals surface area contributed by atoms with Crippen molar-refractivity contribution in [1.29, 1.82) is 0 Å². The summed E-state index contributed by atoms with van der Waals surface area (Å²) in [4.78, 5) is 35.9. The molecule has 36 heavy (non-hydrogen) atoms. The van der Waals surface area contributed by atoms with E-state index in [1.54, 1.807) is 22.3 Å². The van der Waals surface area contributed by atoms with Crippen LogP contribution in [0.15, 0.2) is 78.7 Å². The van der Waals surface area contributed by atoms with Gasteiger partial charge in [0, 0.05) is 24.0 Å². The zero-order chi connectivity index (χ0) is 25.2. The minimum absolute atomic E-state index is 0.0471. The molecular formula is C28H29N5O2S. The van der Waals surface area contributed by atoms with E-state index in [1.165, 1.54) is 6.33 Å². The van der Waals surface area contributed by atoms with Crippen molar-refractivity contribution in [3.05, 3.63) is 94.7 Å². The third-order valence-corrected chi connectivity index (χ3v) is 7.99. The Morgan fingerprint density at radius 3 is 2.44 bits per heavy atom. The minimum Gasteiger partial charge on any atom is -0.339 e. The molecule has 5 rings (SSSR count). The molecule has 0 N–H and O–H groups in total. The van der Waals surface area contributed by atoms with E-state index in [0.717, 1.165) is 27.4 Å². The van der Waals surface area contributed by atoms with Gasteiger partial charge in [-0.05, 0) is 61.5 Å². The molecule has 1 aliphatic rings. The molecule has 3 heterocycles. The van der Waals surface area contributed by atoms with E-state index in [4.69, 9.17) is 0 Å². The zero-order valence-corrected chi connectivity index (χ0v) is 21.4. The predicted octanol–water partition coefficient (Wildman–Crippen LogP) is 5.34. The van der Waals surface area contributed by atoms with E-state index in [1.807, 2.05) is 96.7 Å². The van der Waals surface area contributed by atoms with Gasteiger partial charge in [-0.15, -0.1) is 11.3 Å². The highest BCUT2D eigenvalue weighted by Gasteiger charge is 2.43. The smallest absolute Gasteiger partial charge is 0.228 e. The van der Waals surface area contributed by atoms with E-state index in [2.05, 4.69) is 10.1 Å². The summed E-state index contributed by atoms with van der Waals surface area (Å²) in [6, 6.07) is 19.5. The van der Waals surface area contributed by atoms with Crippen LogP contribution >= 0.6 is 11.3 Å². The Morgan fingerprint density at radius 2 is 1.81 bits per heavy atom. The van der Waals surface area contributed by atoms with Crippen molar-refractivity contribution in [3.8, 4) is 5.69 Å². The van der Waals surface area contributed by atoms with Crippen LogP contribution in [0, 0.1) is 12.8 Å². The molecule has 0 spiro atoms. The molecular weight excluding hydrogens is 470 g/mol. The summed E-state index contributed by atoms with van der Waals surface area (Å²) >= 11 is 1.59. The maximum absolute atomic E-state index is 14.0. The quantitative estimate of drug-likeness (QED) is 0.359. The van der Waals surface area contributed by atoms with Crippen molar-refractivity contribution in [2.45, 2.75) is 38.8 Å². The maximum Gasteiger partial charge on any atom is 0.228 e. The first-order chi connectivity index (χ1) is 17.4. The van der Waals surface area contributed by atoms with Crippen molar-refractivity contribution < 1.29 is 9.59 Å². The van der Waals surface area contributed by atoms with Crippen LogP contribution in [0.2, 0.25) is 0 Å². The third-order valence-electron chi connectivity index (χ3n) is 7.05. The van der Waals surface area contributed by atoms with Gasteiger partial charge >= 0.3 is 0 Å². The lowest BCUT2D eigenvalue weighted by atomic mass is 9.85. The molecule has 2 aromatic heterocycles. The summed E-state index contributed by atoms with van der Waals surface area (Å²) in [5, 5.41) is 6.18. The van der Waals surface area contributed by atoms with Gasteiger partial charge in [0.15, 0.2) is 0 Å². The molecule has 2 aromatic carbocycles. The Labute approximate surface area is 215 Å². The van der Waals surface area contributed by atoms with Crippen LogP contribution in [0.5, 0.6) is 0 Å². The van der Waals surface area contributed by atoms with Crippen LogP contribution in [-0.2, 0) is 9.59 Å². The standard InChI is InChI=1S/C28H29N5O2S/c1-19-6-10-23(11-7-19)33-26(34)15-14-24(27(33)25-5-4-16-36-25)28(35)31(3)20(2)21-8-12-22(13-9-21)32-18-29-17-30-32/h4-13,16-18,20,24,27H,14-15H2,1-3H3. The van der Waals surface area contributed by atoms with Gasteiger partial charge in [-0.2, -0.15) is 5.10 Å². The van der Waals surface area contributed by atoms with Gasteiger partial charge in [0.1, 0.15) is 12.7 Å². The molecule has 1 aliphatic heterocycles. The van der Waals surface area contributed by atoms with Crippen molar-refractivity contribution in [3.63, 3.8) is 0 Å². The van der Waals surface area contributed by atoms with Gasteiger partial charge in [0.25, 0.3) is 0 Å². The number of thiophene rings is 1. The van der Waals surface area contributed by atoms with E-state index >= 15 is 0 Å². The second kappa shape index (κ2) is 10.1. The minimum atomic E-state index is -0.329. The fourth-order valence-corrected chi connectivity index (χ4v) is 5.75. The fraction of sp³-hybridized carbons (Fsp3) is 0.286. The summed E-state index contributed by atoms with van der Waals surface area (Å²) < 4.78 is 1.70. The normalized spacial score (nSPS) is 18.8.